The molecule has 7 heteroatoms. The molecule has 0 fully saturated rings. The van der Waals surface area contributed by atoms with E-state index in [-0.39, 0.29) is 18.0 Å². The summed E-state index contributed by atoms with van der Waals surface area (Å²) in [5.74, 6) is 1.14. The minimum absolute atomic E-state index is 0.0672. The van der Waals surface area contributed by atoms with Crippen LogP contribution in [0.25, 0.3) is 0 Å². The monoisotopic (exact) mass is 421 g/mol. The molecule has 1 aliphatic carbocycles. The predicted octanol–water partition coefficient (Wildman–Crippen LogP) is 3.67. The number of nitrogens with zero attached hydrogens (tertiary/aromatic N) is 2. The molecule has 0 atom stereocenters. The zero-order valence-corrected chi connectivity index (χ0v) is 17.6. The molecule has 0 saturated carbocycles. The van der Waals surface area contributed by atoms with Crippen LogP contribution in [0.1, 0.15) is 23.2 Å². The molecule has 1 aromatic heterocycles. The van der Waals surface area contributed by atoms with Crippen molar-refractivity contribution in [2.45, 2.75) is 36.7 Å². The van der Waals surface area contributed by atoms with E-state index < -0.39 is 0 Å². The fourth-order valence-electron chi connectivity index (χ4n) is 3.50. The van der Waals surface area contributed by atoms with Gasteiger partial charge in [-0.1, -0.05) is 42.1 Å². The van der Waals surface area contributed by atoms with Gasteiger partial charge in [-0.05, 0) is 49.1 Å². The predicted molar refractivity (Wildman–Crippen MR) is 118 cm³/mol. The van der Waals surface area contributed by atoms with Gasteiger partial charge in [0.2, 0.25) is 5.91 Å². The summed E-state index contributed by atoms with van der Waals surface area (Å²) >= 11 is 1.49. The average Bonchev–Trinajstić information content (AvgIpc) is 3.24. The lowest BCUT2D eigenvalue weighted by Crippen LogP contribution is -2.32. The van der Waals surface area contributed by atoms with E-state index in [9.17, 15) is 9.59 Å². The molecule has 4 rings (SSSR count). The van der Waals surface area contributed by atoms with Crippen molar-refractivity contribution in [3.63, 3.8) is 0 Å². The Balaban J connectivity index is 1.55. The number of methoxy groups -OCH3 is 1. The lowest BCUT2D eigenvalue weighted by atomic mass is 10.2. The molecule has 30 heavy (non-hydrogen) atoms. The summed E-state index contributed by atoms with van der Waals surface area (Å²) in [6, 6.07) is 17.1. The molecule has 1 amide bonds. The first kappa shape index (κ1) is 20.2. The summed E-state index contributed by atoms with van der Waals surface area (Å²) in [5.41, 5.74) is 3.32. The van der Waals surface area contributed by atoms with Crippen LogP contribution in [-0.4, -0.2) is 22.6 Å². The maximum Gasteiger partial charge on any atom is 0.258 e. The van der Waals surface area contributed by atoms with Gasteiger partial charge >= 0.3 is 0 Å². The fourth-order valence-corrected chi connectivity index (χ4v) is 4.46. The summed E-state index contributed by atoms with van der Waals surface area (Å²) in [6.45, 7) is -0.0672. The second kappa shape index (κ2) is 9.17. The van der Waals surface area contributed by atoms with E-state index in [1.54, 1.807) is 31.4 Å². The second-order valence-corrected chi connectivity index (χ2v) is 8.06. The number of fused-ring (bicyclic) bond motifs is 1. The molecule has 6 nitrogen and oxygen atoms in total. The van der Waals surface area contributed by atoms with Crippen LogP contribution in [0, 0.1) is 0 Å². The van der Waals surface area contributed by atoms with Gasteiger partial charge in [0.1, 0.15) is 12.3 Å². The first-order valence-corrected chi connectivity index (χ1v) is 10.9. The number of aromatic nitrogens is 2. The number of anilines is 1. The Kier molecular flexibility index (Phi) is 6.18. The Labute approximate surface area is 179 Å². The van der Waals surface area contributed by atoms with Crippen LogP contribution >= 0.6 is 11.8 Å². The number of nitrogens with one attached hydrogen (secondary N) is 1. The molecule has 2 aromatic carbocycles. The third kappa shape index (κ3) is 4.57. The van der Waals surface area contributed by atoms with Crippen molar-refractivity contribution in [3.8, 4) is 5.75 Å². The number of rotatable bonds is 7. The maximum absolute atomic E-state index is 13.1. The topological polar surface area (TPSA) is 73.2 Å². The Hall–Kier alpha value is -3.06. The molecule has 3 aromatic rings. The van der Waals surface area contributed by atoms with Gasteiger partial charge in [0.15, 0.2) is 5.16 Å². The minimum Gasteiger partial charge on any atom is -0.497 e. The Morgan fingerprint density at radius 1 is 1.13 bits per heavy atom. The number of hydrogen-bond acceptors (Lipinski definition) is 5. The van der Waals surface area contributed by atoms with Crippen molar-refractivity contribution < 1.29 is 9.53 Å². The molecule has 154 valence electrons. The highest BCUT2D eigenvalue weighted by Gasteiger charge is 2.22. The quantitative estimate of drug-likeness (QED) is 0.465. The van der Waals surface area contributed by atoms with Gasteiger partial charge in [0, 0.05) is 17.0 Å². The van der Waals surface area contributed by atoms with Gasteiger partial charge < -0.3 is 10.1 Å². The zero-order valence-electron chi connectivity index (χ0n) is 16.8. The van der Waals surface area contributed by atoms with E-state index in [0.29, 0.717) is 22.3 Å². The van der Waals surface area contributed by atoms with Gasteiger partial charge in [0.05, 0.1) is 12.8 Å². The van der Waals surface area contributed by atoms with Crippen LogP contribution in [0.5, 0.6) is 5.75 Å². The number of thioether (sulfide) groups is 1. The Morgan fingerprint density at radius 2 is 1.90 bits per heavy atom. The molecule has 0 saturated heterocycles. The van der Waals surface area contributed by atoms with Crippen LogP contribution < -0.4 is 15.6 Å². The number of amides is 1. The van der Waals surface area contributed by atoms with Crippen molar-refractivity contribution in [3.05, 3.63) is 81.8 Å². The average molecular weight is 422 g/mol. The first-order valence-electron chi connectivity index (χ1n) is 9.87. The van der Waals surface area contributed by atoms with Crippen molar-refractivity contribution in [2.24, 2.45) is 0 Å². The minimum atomic E-state index is -0.261. The summed E-state index contributed by atoms with van der Waals surface area (Å²) in [4.78, 5) is 30.5. The molecule has 0 aliphatic heterocycles. The SMILES string of the molecule is COc1ccc(NC(=O)Cn2c(SCc3ccccc3)nc3c(c2=O)CCC3)cc1. The van der Waals surface area contributed by atoms with Gasteiger partial charge in [-0.2, -0.15) is 0 Å². The van der Waals surface area contributed by atoms with Gasteiger partial charge in [-0.25, -0.2) is 4.98 Å². The highest BCUT2D eigenvalue weighted by atomic mass is 32.2. The van der Waals surface area contributed by atoms with Crippen LogP contribution in [0.3, 0.4) is 0 Å². The summed E-state index contributed by atoms with van der Waals surface area (Å²) < 4.78 is 6.65. The lowest BCUT2D eigenvalue weighted by molar-refractivity contribution is -0.116. The molecule has 0 radical (unpaired) electrons. The van der Waals surface area contributed by atoms with Crippen molar-refractivity contribution in [2.75, 3.05) is 12.4 Å². The number of benzene rings is 2. The first-order chi connectivity index (χ1) is 14.6. The van der Waals surface area contributed by atoms with Crippen molar-refractivity contribution in [1.82, 2.24) is 9.55 Å². The van der Waals surface area contributed by atoms with E-state index in [0.717, 1.165) is 36.1 Å². The summed E-state index contributed by atoms with van der Waals surface area (Å²) in [6.07, 6.45) is 2.48. The van der Waals surface area contributed by atoms with Gasteiger partial charge in [-0.15, -0.1) is 0 Å². The third-order valence-electron chi connectivity index (χ3n) is 5.04. The Morgan fingerprint density at radius 3 is 2.63 bits per heavy atom. The molecule has 0 spiro atoms. The largest absolute Gasteiger partial charge is 0.497 e. The number of carbonyl (C=O) groups is 1. The van der Waals surface area contributed by atoms with Crippen molar-refractivity contribution in [1.29, 1.82) is 0 Å². The van der Waals surface area contributed by atoms with E-state index in [2.05, 4.69) is 5.32 Å². The molecule has 0 bridgehead atoms. The number of ether oxygens (including phenoxy) is 1. The maximum atomic E-state index is 13.1. The normalized spacial score (nSPS) is 12.4. The fraction of sp³-hybridized carbons (Fsp3) is 0.261. The van der Waals surface area contributed by atoms with Crippen molar-refractivity contribution >= 4 is 23.4 Å². The molecule has 1 heterocycles. The van der Waals surface area contributed by atoms with E-state index in [4.69, 9.17) is 9.72 Å². The lowest BCUT2D eigenvalue weighted by Gasteiger charge is -2.14. The number of aryl methyl sites for hydroxylation is 1. The van der Waals surface area contributed by atoms with Crippen LogP contribution in [-0.2, 0) is 29.9 Å². The molecule has 0 unspecified atom stereocenters. The Bertz CT molecular complexity index is 1100. The smallest absolute Gasteiger partial charge is 0.258 e. The van der Waals surface area contributed by atoms with Crippen LogP contribution in [0.2, 0.25) is 0 Å². The summed E-state index contributed by atoms with van der Waals surface area (Å²) in [5, 5.41) is 3.44. The van der Waals surface area contributed by atoms with E-state index in [1.807, 2.05) is 30.3 Å². The van der Waals surface area contributed by atoms with E-state index >= 15 is 0 Å². The highest BCUT2D eigenvalue weighted by Crippen LogP contribution is 2.24. The molecular weight excluding hydrogens is 398 g/mol. The molecule has 1 aliphatic rings. The number of carbonyl (C=O) groups excluding carboxylic acids is 1. The number of hydrogen-bond donors (Lipinski definition) is 1. The zero-order chi connectivity index (χ0) is 20.9. The van der Waals surface area contributed by atoms with Crippen LogP contribution in [0.15, 0.2) is 64.5 Å². The van der Waals surface area contributed by atoms with Gasteiger partial charge in [0.25, 0.3) is 5.56 Å². The van der Waals surface area contributed by atoms with Crippen LogP contribution in [0.4, 0.5) is 5.69 Å². The molecular formula is C23H23N3O3S. The molecule has 1 N–H and O–H groups in total. The second-order valence-electron chi connectivity index (χ2n) is 7.12. The van der Waals surface area contributed by atoms with Gasteiger partial charge in [-0.3, -0.25) is 14.2 Å². The standard InChI is InChI=1S/C23H23N3O3S/c1-29-18-12-10-17(11-13-18)24-21(27)14-26-22(28)19-8-5-9-20(19)25-23(26)30-15-16-6-3-2-4-7-16/h2-4,6-7,10-13H,5,8-9,14-15H2,1H3,(H,24,27). The summed E-state index contributed by atoms with van der Waals surface area (Å²) in [7, 11) is 1.59. The van der Waals surface area contributed by atoms with E-state index in [1.165, 1.54) is 16.3 Å². The third-order valence-corrected chi connectivity index (χ3v) is 6.09. The highest BCUT2D eigenvalue weighted by molar-refractivity contribution is 7.98.